The number of hydrogen-bond acceptors (Lipinski definition) is 15. The summed E-state index contributed by atoms with van der Waals surface area (Å²) in [7, 11) is -12.4. The quantitative estimate of drug-likeness (QED) is 0.217. The Kier molecular flexibility index (Phi) is 9.49. The standard InChI is InChI=1S/C26H39N7O12P2Si/c1-26(2,3)48(4,5)45-20-17-11-40-46(35,36)43-16-9-15(41-18-6-7-28-12-29-18)8-14(16)10-39-47(37,38)44-21(20)24(42-17)33-13-30-19-22(33)31-25(27)32-23(19)34/h6-7,12-17,20-21,24H,8-11H2,1-5H3,(H,35,36)(H,37,38)(H3,27,31,32,34)/t14-,15-,16+,17+,20?,21-,24-/m1/s1. The zero-order chi connectivity index (χ0) is 34.6. The van der Waals surface area contributed by atoms with E-state index in [1.165, 1.54) is 23.4 Å². The number of ether oxygens (including phenoxy) is 2. The van der Waals surface area contributed by atoms with Crippen molar-refractivity contribution < 1.29 is 50.9 Å². The molecule has 5 heterocycles. The Morgan fingerprint density at radius 3 is 2.52 bits per heavy atom. The summed E-state index contributed by atoms with van der Waals surface area (Å²) < 4.78 is 69.8. The average molecular weight is 732 g/mol. The van der Waals surface area contributed by atoms with E-state index in [2.05, 4.69) is 24.9 Å². The lowest BCUT2D eigenvalue weighted by molar-refractivity contribution is -0.0558. The molecule has 0 aromatic carbocycles. The van der Waals surface area contributed by atoms with Crippen molar-refractivity contribution in [3.8, 4) is 5.88 Å². The molecule has 2 aliphatic heterocycles. The lowest BCUT2D eigenvalue weighted by Gasteiger charge is -2.40. The second-order valence-corrected chi connectivity index (χ2v) is 21.0. The SMILES string of the molecule is CC(C)(C)[Si](C)(C)OC1[C@@H]2COP(=O)(O)O[C@H]3C[C@H](Oc4ccncn4)C[C@@H]3COP(=O)(O)O[C@H]1[C@H](n1cnc3c(=O)[nH]c(N)nc31)O2. The van der Waals surface area contributed by atoms with Crippen molar-refractivity contribution in [2.24, 2.45) is 5.92 Å². The molecule has 48 heavy (non-hydrogen) atoms. The van der Waals surface area contributed by atoms with Crippen LogP contribution in [0.2, 0.25) is 18.1 Å². The molecule has 3 fully saturated rings. The van der Waals surface area contributed by atoms with Gasteiger partial charge in [-0.15, -0.1) is 0 Å². The summed E-state index contributed by atoms with van der Waals surface area (Å²) in [5, 5.41) is -0.342. The van der Waals surface area contributed by atoms with Gasteiger partial charge in [-0.25, -0.2) is 24.1 Å². The molecule has 6 rings (SSSR count). The van der Waals surface area contributed by atoms with Crippen LogP contribution in [-0.2, 0) is 36.4 Å². The molecule has 19 nitrogen and oxygen atoms in total. The maximum absolute atomic E-state index is 13.7. The molecular formula is C26H39N7O12P2Si. The number of nitrogens with two attached hydrogens (primary N) is 1. The molecule has 264 valence electrons. The Hall–Kier alpha value is -2.61. The molecule has 5 N–H and O–H groups in total. The van der Waals surface area contributed by atoms with Crippen LogP contribution in [0.1, 0.15) is 39.8 Å². The molecule has 9 atom stereocenters. The minimum absolute atomic E-state index is 0.00279. The van der Waals surface area contributed by atoms with Crippen LogP contribution < -0.4 is 16.0 Å². The maximum Gasteiger partial charge on any atom is 0.472 e. The van der Waals surface area contributed by atoms with E-state index in [0.717, 1.165) is 0 Å². The molecule has 3 aromatic rings. The van der Waals surface area contributed by atoms with Gasteiger partial charge in [-0.1, -0.05) is 20.8 Å². The molecule has 2 saturated heterocycles. The lowest BCUT2D eigenvalue weighted by atomic mass is 10.1. The summed E-state index contributed by atoms with van der Waals surface area (Å²) in [5.74, 6) is -0.601. The molecule has 0 amide bonds. The number of rotatable bonds is 5. The molecular weight excluding hydrogens is 692 g/mol. The van der Waals surface area contributed by atoms with Crippen LogP contribution in [0.25, 0.3) is 11.2 Å². The largest absolute Gasteiger partial charge is 0.474 e. The summed E-state index contributed by atoms with van der Waals surface area (Å²) in [6, 6.07) is 1.56. The fourth-order valence-electron chi connectivity index (χ4n) is 5.67. The van der Waals surface area contributed by atoms with Gasteiger partial charge in [-0.3, -0.25) is 32.4 Å². The van der Waals surface area contributed by atoms with Gasteiger partial charge >= 0.3 is 15.6 Å². The first kappa shape index (κ1) is 35.2. The topological polar surface area (TPSA) is 255 Å². The summed E-state index contributed by atoms with van der Waals surface area (Å²) in [6.45, 7) is 8.95. The second kappa shape index (κ2) is 12.9. The van der Waals surface area contributed by atoms with Crippen LogP contribution in [0, 0.1) is 5.92 Å². The zero-order valence-electron chi connectivity index (χ0n) is 26.9. The predicted octanol–water partition coefficient (Wildman–Crippen LogP) is 2.66. The zero-order valence-corrected chi connectivity index (χ0v) is 29.7. The van der Waals surface area contributed by atoms with Crippen LogP contribution in [0.15, 0.2) is 29.7 Å². The van der Waals surface area contributed by atoms with Gasteiger partial charge in [0.25, 0.3) is 5.56 Å². The summed E-state index contributed by atoms with van der Waals surface area (Å²) in [6.07, 6.45) is -2.05. The van der Waals surface area contributed by atoms with Crippen LogP contribution >= 0.6 is 15.6 Å². The van der Waals surface area contributed by atoms with Gasteiger partial charge in [0.2, 0.25) is 11.8 Å². The van der Waals surface area contributed by atoms with Crippen molar-refractivity contribution in [2.75, 3.05) is 18.9 Å². The Balaban J connectivity index is 1.36. The molecule has 1 aliphatic carbocycles. The number of nitrogens with zero attached hydrogens (tertiary/aromatic N) is 5. The van der Waals surface area contributed by atoms with E-state index in [1.807, 2.05) is 33.9 Å². The summed E-state index contributed by atoms with van der Waals surface area (Å²) >= 11 is 0. The van der Waals surface area contributed by atoms with Crippen LogP contribution in [-0.4, -0.2) is 91.3 Å². The Morgan fingerprint density at radius 2 is 1.81 bits per heavy atom. The van der Waals surface area contributed by atoms with Crippen molar-refractivity contribution in [2.45, 2.75) is 88.5 Å². The number of imidazole rings is 1. The first-order valence-electron chi connectivity index (χ1n) is 15.2. The number of fused-ring (bicyclic) bond motifs is 4. The lowest BCUT2D eigenvalue weighted by Crippen LogP contribution is -2.50. The van der Waals surface area contributed by atoms with Crippen molar-refractivity contribution >= 4 is 41.1 Å². The molecule has 1 saturated carbocycles. The minimum atomic E-state index is -4.91. The number of nitrogen functional groups attached to an aromatic ring is 1. The molecule has 3 aromatic heterocycles. The van der Waals surface area contributed by atoms with E-state index in [0.29, 0.717) is 0 Å². The highest BCUT2D eigenvalue weighted by atomic mass is 31.2. The Morgan fingerprint density at radius 1 is 1.08 bits per heavy atom. The molecule has 22 heteroatoms. The highest BCUT2D eigenvalue weighted by Crippen LogP contribution is 2.55. The fraction of sp³-hybridized carbons (Fsp3) is 0.654. The average Bonchev–Trinajstić information content (AvgIpc) is 3.66. The number of phosphoric ester groups is 2. The third-order valence-electron chi connectivity index (χ3n) is 9.05. The van der Waals surface area contributed by atoms with Crippen molar-refractivity contribution in [3.63, 3.8) is 0 Å². The number of aromatic amines is 1. The van der Waals surface area contributed by atoms with Gasteiger partial charge in [0, 0.05) is 24.6 Å². The van der Waals surface area contributed by atoms with Crippen LogP contribution in [0.5, 0.6) is 5.88 Å². The van der Waals surface area contributed by atoms with Crippen LogP contribution in [0.4, 0.5) is 5.95 Å². The first-order valence-corrected chi connectivity index (χ1v) is 21.1. The number of phosphoric acid groups is 2. The van der Waals surface area contributed by atoms with Crippen molar-refractivity contribution in [1.29, 1.82) is 0 Å². The van der Waals surface area contributed by atoms with Gasteiger partial charge in [0.15, 0.2) is 25.7 Å². The molecule has 3 aliphatic rings. The van der Waals surface area contributed by atoms with Crippen LogP contribution in [0.3, 0.4) is 0 Å². The van der Waals surface area contributed by atoms with E-state index in [4.69, 9.17) is 37.7 Å². The number of aromatic nitrogens is 6. The normalized spacial score (nSPS) is 35.0. The summed E-state index contributed by atoms with van der Waals surface area (Å²) in [4.78, 5) is 53.2. The van der Waals surface area contributed by atoms with E-state index in [1.54, 1.807) is 6.07 Å². The molecule has 2 bridgehead atoms. The Labute approximate surface area is 275 Å². The number of anilines is 1. The van der Waals surface area contributed by atoms with Gasteiger partial charge < -0.3 is 29.4 Å². The van der Waals surface area contributed by atoms with Gasteiger partial charge in [-0.2, -0.15) is 4.98 Å². The van der Waals surface area contributed by atoms with Crippen molar-refractivity contribution in [1.82, 2.24) is 29.5 Å². The van der Waals surface area contributed by atoms with E-state index < -0.39 is 85.4 Å². The highest BCUT2D eigenvalue weighted by Gasteiger charge is 2.55. The van der Waals surface area contributed by atoms with Crippen molar-refractivity contribution in [3.05, 3.63) is 35.3 Å². The first-order chi connectivity index (χ1) is 22.4. The predicted molar refractivity (Wildman–Crippen MR) is 169 cm³/mol. The van der Waals surface area contributed by atoms with E-state index in [9.17, 15) is 23.7 Å². The molecule has 0 spiro atoms. The monoisotopic (exact) mass is 731 g/mol. The Bertz CT molecular complexity index is 1790. The third-order valence-corrected chi connectivity index (χ3v) is 15.5. The third kappa shape index (κ3) is 7.44. The second-order valence-electron chi connectivity index (χ2n) is 13.4. The fourth-order valence-corrected chi connectivity index (χ4v) is 8.96. The van der Waals surface area contributed by atoms with Gasteiger partial charge in [0.1, 0.15) is 30.7 Å². The van der Waals surface area contributed by atoms with Gasteiger partial charge in [-0.05, 0) is 24.6 Å². The maximum atomic E-state index is 13.7. The van der Waals surface area contributed by atoms with E-state index in [-0.39, 0.29) is 40.9 Å². The number of nitrogens with one attached hydrogen (secondary N) is 1. The number of H-pyrrole nitrogens is 1. The molecule has 0 radical (unpaired) electrons. The molecule has 3 unspecified atom stereocenters. The highest BCUT2D eigenvalue weighted by molar-refractivity contribution is 7.47. The van der Waals surface area contributed by atoms with E-state index >= 15 is 0 Å². The number of hydrogen-bond donors (Lipinski definition) is 4. The summed E-state index contributed by atoms with van der Waals surface area (Å²) in [5.41, 5.74) is 5.11. The smallest absolute Gasteiger partial charge is 0.472 e. The van der Waals surface area contributed by atoms with Gasteiger partial charge in [0.05, 0.1) is 25.6 Å². The minimum Gasteiger partial charge on any atom is -0.474 e.